The summed E-state index contributed by atoms with van der Waals surface area (Å²) in [4.78, 5) is 13.3. The Labute approximate surface area is 115 Å². The van der Waals surface area contributed by atoms with Crippen LogP contribution in [0.5, 0.6) is 0 Å². The third-order valence-electron chi connectivity index (χ3n) is 3.65. The lowest BCUT2D eigenvalue weighted by molar-refractivity contribution is -0.112. The van der Waals surface area contributed by atoms with Crippen molar-refractivity contribution in [3.63, 3.8) is 0 Å². The number of benzene rings is 1. The summed E-state index contributed by atoms with van der Waals surface area (Å²) in [7, 11) is 0. The van der Waals surface area contributed by atoms with Crippen LogP contribution in [0.3, 0.4) is 0 Å². The maximum absolute atomic E-state index is 11.0. The Kier molecular flexibility index (Phi) is 4.74. The summed E-state index contributed by atoms with van der Waals surface area (Å²) in [5.41, 5.74) is 7.96. The van der Waals surface area contributed by atoms with Crippen LogP contribution >= 0.6 is 0 Å². The van der Waals surface area contributed by atoms with E-state index in [1.165, 1.54) is 18.6 Å². The van der Waals surface area contributed by atoms with Gasteiger partial charge in [-0.1, -0.05) is 30.3 Å². The SMILES string of the molecule is CC(=O)C=C(N)CN1CCC(c2ccccc2)CC1. The van der Waals surface area contributed by atoms with Gasteiger partial charge in [-0.2, -0.15) is 0 Å². The van der Waals surface area contributed by atoms with Crippen molar-refractivity contribution in [2.75, 3.05) is 19.6 Å². The number of hydrogen-bond donors (Lipinski definition) is 1. The highest BCUT2D eigenvalue weighted by molar-refractivity contribution is 5.87. The van der Waals surface area contributed by atoms with Gasteiger partial charge in [0, 0.05) is 18.3 Å². The first-order valence-corrected chi connectivity index (χ1v) is 6.89. The number of nitrogens with two attached hydrogens (primary N) is 1. The number of allylic oxidation sites excluding steroid dienone is 1. The molecule has 1 saturated heterocycles. The second-order valence-electron chi connectivity index (χ2n) is 5.29. The molecule has 1 aromatic rings. The van der Waals surface area contributed by atoms with Crippen LogP contribution in [0, 0.1) is 0 Å². The first-order chi connectivity index (χ1) is 9.15. The van der Waals surface area contributed by atoms with Crippen molar-refractivity contribution in [1.82, 2.24) is 4.90 Å². The molecule has 0 radical (unpaired) electrons. The summed E-state index contributed by atoms with van der Waals surface area (Å²) in [5.74, 6) is 0.687. The smallest absolute Gasteiger partial charge is 0.154 e. The molecule has 0 spiro atoms. The molecular formula is C16H22N2O. The van der Waals surface area contributed by atoms with Crippen LogP contribution in [0.2, 0.25) is 0 Å². The Morgan fingerprint density at radius 1 is 1.32 bits per heavy atom. The predicted molar refractivity (Wildman–Crippen MR) is 77.8 cm³/mol. The van der Waals surface area contributed by atoms with Gasteiger partial charge in [0.05, 0.1) is 0 Å². The zero-order valence-corrected chi connectivity index (χ0v) is 11.5. The monoisotopic (exact) mass is 258 g/mol. The van der Waals surface area contributed by atoms with Crippen molar-refractivity contribution in [3.05, 3.63) is 47.7 Å². The highest BCUT2D eigenvalue weighted by atomic mass is 16.1. The summed E-state index contributed by atoms with van der Waals surface area (Å²) in [6, 6.07) is 10.7. The van der Waals surface area contributed by atoms with E-state index in [2.05, 4.69) is 35.2 Å². The number of piperidine rings is 1. The number of ketones is 1. The number of rotatable bonds is 4. The van der Waals surface area contributed by atoms with Crippen LogP contribution in [0.1, 0.15) is 31.2 Å². The van der Waals surface area contributed by atoms with E-state index in [0.717, 1.165) is 25.9 Å². The number of nitrogens with zero attached hydrogens (tertiary/aromatic N) is 1. The quantitative estimate of drug-likeness (QED) is 0.843. The van der Waals surface area contributed by atoms with E-state index < -0.39 is 0 Å². The molecule has 2 N–H and O–H groups in total. The van der Waals surface area contributed by atoms with E-state index in [9.17, 15) is 4.79 Å². The molecule has 102 valence electrons. The Hall–Kier alpha value is -1.61. The fourth-order valence-electron chi connectivity index (χ4n) is 2.71. The molecule has 0 unspecified atom stereocenters. The summed E-state index contributed by atoms with van der Waals surface area (Å²) in [5, 5.41) is 0. The van der Waals surface area contributed by atoms with E-state index in [1.807, 2.05) is 0 Å². The molecule has 3 nitrogen and oxygen atoms in total. The van der Waals surface area contributed by atoms with Gasteiger partial charge in [-0.15, -0.1) is 0 Å². The minimum Gasteiger partial charge on any atom is -0.401 e. The summed E-state index contributed by atoms with van der Waals surface area (Å²) < 4.78 is 0. The molecule has 19 heavy (non-hydrogen) atoms. The van der Waals surface area contributed by atoms with Crippen LogP contribution in [0.15, 0.2) is 42.1 Å². The zero-order chi connectivity index (χ0) is 13.7. The first-order valence-electron chi connectivity index (χ1n) is 6.89. The van der Waals surface area contributed by atoms with Gasteiger partial charge in [0.25, 0.3) is 0 Å². The van der Waals surface area contributed by atoms with Gasteiger partial charge in [-0.05, 0) is 44.3 Å². The molecule has 1 fully saturated rings. The normalized spacial score (nSPS) is 18.5. The van der Waals surface area contributed by atoms with Gasteiger partial charge in [0.2, 0.25) is 0 Å². The zero-order valence-electron chi connectivity index (χ0n) is 11.5. The fraction of sp³-hybridized carbons (Fsp3) is 0.438. The maximum atomic E-state index is 11.0. The lowest BCUT2D eigenvalue weighted by atomic mass is 9.89. The Morgan fingerprint density at radius 3 is 2.53 bits per heavy atom. The van der Waals surface area contributed by atoms with Crippen molar-refractivity contribution in [2.45, 2.75) is 25.7 Å². The topological polar surface area (TPSA) is 46.3 Å². The second kappa shape index (κ2) is 6.53. The van der Waals surface area contributed by atoms with Crippen molar-refractivity contribution >= 4 is 5.78 Å². The summed E-state index contributed by atoms with van der Waals surface area (Å²) in [6.45, 7) is 4.34. The van der Waals surface area contributed by atoms with Crippen molar-refractivity contribution in [1.29, 1.82) is 0 Å². The van der Waals surface area contributed by atoms with E-state index in [0.29, 0.717) is 18.2 Å². The Morgan fingerprint density at radius 2 is 1.95 bits per heavy atom. The lowest BCUT2D eigenvalue weighted by Gasteiger charge is -2.32. The van der Waals surface area contributed by atoms with Gasteiger partial charge in [0.1, 0.15) is 0 Å². The van der Waals surface area contributed by atoms with Gasteiger partial charge in [-0.25, -0.2) is 0 Å². The minimum atomic E-state index is 0.0247. The van der Waals surface area contributed by atoms with E-state index in [4.69, 9.17) is 5.73 Å². The Bertz CT molecular complexity index is 445. The number of likely N-dealkylation sites (tertiary alicyclic amines) is 1. The number of carbonyl (C=O) groups is 1. The molecule has 0 bridgehead atoms. The highest BCUT2D eigenvalue weighted by Crippen LogP contribution is 2.27. The average molecular weight is 258 g/mol. The molecule has 0 saturated carbocycles. The second-order valence-corrected chi connectivity index (χ2v) is 5.29. The summed E-state index contributed by atoms with van der Waals surface area (Å²) >= 11 is 0. The van der Waals surface area contributed by atoms with Gasteiger partial charge >= 0.3 is 0 Å². The molecule has 1 aromatic carbocycles. The van der Waals surface area contributed by atoms with Crippen LogP contribution in [0.4, 0.5) is 0 Å². The first kappa shape index (κ1) is 13.8. The maximum Gasteiger partial charge on any atom is 0.154 e. The highest BCUT2D eigenvalue weighted by Gasteiger charge is 2.20. The van der Waals surface area contributed by atoms with Crippen molar-refractivity contribution < 1.29 is 4.79 Å². The van der Waals surface area contributed by atoms with E-state index >= 15 is 0 Å². The third kappa shape index (κ3) is 4.21. The van der Waals surface area contributed by atoms with Gasteiger partial charge < -0.3 is 5.73 Å². The molecular weight excluding hydrogens is 236 g/mol. The van der Waals surface area contributed by atoms with Crippen molar-refractivity contribution in [3.8, 4) is 0 Å². The Balaban J connectivity index is 1.84. The summed E-state index contributed by atoms with van der Waals surface area (Å²) in [6.07, 6.45) is 3.86. The molecule has 0 atom stereocenters. The lowest BCUT2D eigenvalue weighted by Crippen LogP contribution is -2.35. The molecule has 0 aromatic heterocycles. The van der Waals surface area contributed by atoms with Crippen LogP contribution in [0.25, 0.3) is 0 Å². The number of hydrogen-bond acceptors (Lipinski definition) is 3. The van der Waals surface area contributed by atoms with E-state index in [-0.39, 0.29) is 5.78 Å². The standard InChI is InChI=1S/C16H22N2O/c1-13(19)11-16(17)12-18-9-7-15(8-10-18)14-5-3-2-4-6-14/h2-6,11,15H,7-10,12,17H2,1H3. The molecule has 2 rings (SSSR count). The molecule has 1 aliphatic rings. The van der Waals surface area contributed by atoms with Crippen molar-refractivity contribution in [2.24, 2.45) is 5.73 Å². The molecule has 1 heterocycles. The molecule has 3 heteroatoms. The van der Waals surface area contributed by atoms with Gasteiger partial charge in [-0.3, -0.25) is 9.69 Å². The van der Waals surface area contributed by atoms with E-state index in [1.54, 1.807) is 0 Å². The fourth-order valence-corrected chi connectivity index (χ4v) is 2.71. The largest absolute Gasteiger partial charge is 0.401 e. The average Bonchev–Trinajstić information content (AvgIpc) is 2.39. The molecule has 0 amide bonds. The third-order valence-corrected chi connectivity index (χ3v) is 3.65. The number of carbonyl (C=O) groups excluding carboxylic acids is 1. The molecule has 1 aliphatic heterocycles. The van der Waals surface area contributed by atoms with Crippen LogP contribution < -0.4 is 5.73 Å². The van der Waals surface area contributed by atoms with Gasteiger partial charge in [0.15, 0.2) is 5.78 Å². The van der Waals surface area contributed by atoms with Crippen LogP contribution in [-0.4, -0.2) is 30.3 Å². The van der Waals surface area contributed by atoms with Crippen LogP contribution in [-0.2, 0) is 4.79 Å². The minimum absolute atomic E-state index is 0.0247. The predicted octanol–water partition coefficient (Wildman–Crippen LogP) is 2.30. The molecule has 0 aliphatic carbocycles.